The average Bonchev–Trinajstić information content (AvgIpc) is 2.97. The molecule has 0 saturated carbocycles. The Labute approximate surface area is 131 Å². The van der Waals surface area contributed by atoms with Crippen LogP contribution in [0.2, 0.25) is 0 Å². The zero-order chi connectivity index (χ0) is 16.0. The molecule has 0 radical (unpaired) electrons. The molecule has 2 rings (SSSR count). The van der Waals surface area contributed by atoms with Crippen molar-refractivity contribution in [2.45, 2.75) is 31.9 Å². The van der Waals surface area contributed by atoms with Crippen molar-refractivity contribution in [3.05, 3.63) is 23.8 Å². The SMILES string of the molecule is COc1ccc(CN=C(N)NCC2(C)CCCO2)cc1OC. The maximum absolute atomic E-state index is 5.91. The van der Waals surface area contributed by atoms with Gasteiger partial charge in [0.25, 0.3) is 0 Å². The second-order valence-electron chi connectivity index (χ2n) is 5.65. The Morgan fingerprint density at radius 1 is 1.36 bits per heavy atom. The molecular formula is C16H25N3O3. The van der Waals surface area contributed by atoms with E-state index in [4.69, 9.17) is 19.9 Å². The van der Waals surface area contributed by atoms with Crippen LogP contribution in [0.25, 0.3) is 0 Å². The van der Waals surface area contributed by atoms with Crippen LogP contribution in [0.1, 0.15) is 25.3 Å². The highest BCUT2D eigenvalue weighted by molar-refractivity contribution is 5.77. The predicted molar refractivity (Wildman–Crippen MR) is 86.5 cm³/mol. The number of hydrogen-bond acceptors (Lipinski definition) is 4. The number of aliphatic imine (C=N–C) groups is 1. The van der Waals surface area contributed by atoms with Crippen LogP contribution in [0.5, 0.6) is 11.5 Å². The molecule has 1 aromatic carbocycles. The quantitative estimate of drug-likeness (QED) is 0.617. The van der Waals surface area contributed by atoms with E-state index in [1.165, 1.54) is 0 Å². The normalized spacial score (nSPS) is 21.7. The number of methoxy groups -OCH3 is 2. The minimum atomic E-state index is -0.135. The summed E-state index contributed by atoms with van der Waals surface area (Å²) >= 11 is 0. The van der Waals surface area contributed by atoms with Crippen LogP contribution in [-0.4, -0.2) is 38.9 Å². The van der Waals surface area contributed by atoms with E-state index in [1.807, 2.05) is 18.2 Å². The number of nitrogens with two attached hydrogens (primary N) is 1. The molecule has 6 nitrogen and oxygen atoms in total. The Hall–Kier alpha value is -1.95. The maximum atomic E-state index is 5.91. The van der Waals surface area contributed by atoms with Crippen molar-refractivity contribution in [3.63, 3.8) is 0 Å². The first-order valence-electron chi connectivity index (χ1n) is 7.45. The van der Waals surface area contributed by atoms with Gasteiger partial charge in [0, 0.05) is 13.2 Å². The second kappa shape index (κ2) is 7.35. The van der Waals surface area contributed by atoms with Crippen LogP contribution < -0.4 is 20.5 Å². The van der Waals surface area contributed by atoms with Crippen LogP contribution in [0.4, 0.5) is 0 Å². The summed E-state index contributed by atoms with van der Waals surface area (Å²) in [4.78, 5) is 4.35. The summed E-state index contributed by atoms with van der Waals surface area (Å²) in [7, 11) is 3.23. The predicted octanol–water partition coefficient (Wildman–Crippen LogP) is 1.68. The third kappa shape index (κ3) is 4.27. The standard InChI is InChI=1S/C16H25N3O3/c1-16(7-4-8-22-16)11-19-15(17)18-10-12-5-6-13(20-2)14(9-12)21-3/h5-6,9H,4,7-8,10-11H2,1-3H3,(H3,17,18,19). The number of nitrogens with one attached hydrogen (secondary N) is 1. The molecule has 1 heterocycles. The van der Waals surface area contributed by atoms with Crippen molar-refractivity contribution in [2.75, 3.05) is 27.4 Å². The van der Waals surface area contributed by atoms with E-state index in [1.54, 1.807) is 14.2 Å². The molecule has 1 aliphatic heterocycles. The Bertz CT molecular complexity index is 525. The van der Waals surface area contributed by atoms with Crippen molar-refractivity contribution < 1.29 is 14.2 Å². The van der Waals surface area contributed by atoms with Gasteiger partial charge < -0.3 is 25.3 Å². The fourth-order valence-electron chi connectivity index (χ4n) is 2.47. The summed E-state index contributed by atoms with van der Waals surface area (Å²) in [6.07, 6.45) is 2.14. The fourth-order valence-corrected chi connectivity index (χ4v) is 2.47. The molecule has 1 aromatic rings. The number of rotatable bonds is 6. The van der Waals surface area contributed by atoms with Crippen LogP contribution in [0, 0.1) is 0 Å². The molecule has 0 amide bonds. The zero-order valence-corrected chi connectivity index (χ0v) is 13.5. The number of benzene rings is 1. The summed E-state index contributed by atoms with van der Waals surface area (Å²) in [6, 6.07) is 5.71. The van der Waals surface area contributed by atoms with Gasteiger partial charge in [-0.3, -0.25) is 0 Å². The van der Waals surface area contributed by atoms with Gasteiger partial charge >= 0.3 is 0 Å². The van der Waals surface area contributed by atoms with Crippen molar-refractivity contribution in [2.24, 2.45) is 10.7 Å². The van der Waals surface area contributed by atoms with Gasteiger partial charge in [-0.2, -0.15) is 0 Å². The first-order chi connectivity index (χ1) is 10.6. The zero-order valence-electron chi connectivity index (χ0n) is 13.5. The van der Waals surface area contributed by atoms with E-state index in [9.17, 15) is 0 Å². The van der Waals surface area contributed by atoms with E-state index in [2.05, 4.69) is 17.2 Å². The highest BCUT2D eigenvalue weighted by Crippen LogP contribution is 2.27. The topological polar surface area (TPSA) is 78.1 Å². The summed E-state index contributed by atoms with van der Waals surface area (Å²) in [5.41, 5.74) is 6.78. The van der Waals surface area contributed by atoms with Gasteiger partial charge in [0.2, 0.25) is 0 Å². The Morgan fingerprint density at radius 3 is 2.77 bits per heavy atom. The van der Waals surface area contributed by atoms with E-state index in [-0.39, 0.29) is 5.60 Å². The molecular weight excluding hydrogens is 282 g/mol. The number of nitrogens with zero attached hydrogens (tertiary/aromatic N) is 1. The van der Waals surface area contributed by atoms with Gasteiger partial charge in [0.1, 0.15) is 0 Å². The van der Waals surface area contributed by atoms with Crippen LogP contribution in [-0.2, 0) is 11.3 Å². The van der Waals surface area contributed by atoms with Gasteiger partial charge in [0.05, 0.1) is 26.4 Å². The van der Waals surface area contributed by atoms with E-state index >= 15 is 0 Å². The lowest BCUT2D eigenvalue weighted by molar-refractivity contribution is 0.0244. The third-order valence-corrected chi connectivity index (χ3v) is 3.82. The van der Waals surface area contributed by atoms with Gasteiger partial charge in [-0.15, -0.1) is 0 Å². The summed E-state index contributed by atoms with van der Waals surface area (Å²) in [5.74, 6) is 1.81. The van der Waals surface area contributed by atoms with Crippen molar-refractivity contribution >= 4 is 5.96 Å². The largest absolute Gasteiger partial charge is 0.493 e. The molecule has 22 heavy (non-hydrogen) atoms. The van der Waals surface area contributed by atoms with Gasteiger partial charge in [-0.1, -0.05) is 6.07 Å². The second-order valence-corrected chi connectivity index (χ2v) is 5.65. The third-order valence-electron chi connectivity index (χ3n) is 3.82. The van der Waals surface area contributed by atoms with Gasteiger partial charge in [-0.05, 0) is 37.5 Å². The molecule has 122 valence electrons. The molecule has 0 spiro atoms. The summed E-state index contributed by atoms with van der Waals surface area (Å²) in [6.45, 7) is 4.07. The Morgan fingerprint density at radius 2 is 2.14 bits per heavy atom. The molecule has 0 bridgehead atoms. The molecule has 3 N–H and O–H groups in total. The van der Waals surface area contributed by atoms with Gasteiger partial charge in [-0.25, -0.2) is 4.99 Å². The summed E-state index contributed by atoms with van der Waals surface area (Å²) in [5, 5.41) is 3.13. The lowest BCUT2D eigenvalue weighted by Gasteiger charge is -2.23. The van der Waals surface area contributed by atoms with Crippen molar-refractivity contribution in [1.82, 2.24) is 5.32 Å². The smallest absolute Gasteiger partial charge is 0.189 e. The Kier molecular flexibility index (Phi) is 5.49. The highest BCUT2D eigenvalue weighted by Gasteiger charge is 2.29. The number of ether oxygens (including phenoxy) is 3. The minimum Gasteiger partial charge on any atom is -0.493 e. The van der Waals surface area contributed by atoms with Crippen LogP contribution in [0.3, 0.4) is 0 Å². The van der Waals surface area contributed by atoms with E-state index < -0.39 is 0 Å². The molecule has 1 fully saturated rings. The van der Waals surface area contributed by atoms with Crippen LogP contribution in [0.15, 0.2) is 23.2 Å². The lowest BCUT2D eigenvalue weighted by atomic mass is 10.0. The minimum absolute atomic E-state index is 0.135. The molecule has 6 heteroatoms. The maximum Gasteiger partial charge on any atom is 0.189 e. The average molecular weight is 307 g/mol. The molecule has 0 aromatic heterocycles. The van der Waals surface area contributed by atoms with Crippen molar-refractivity contribution in [3.8, 4) is 11.5 Å². The molecule has 1 unspecified atom stereocenters. The molecule has 1 saturated heterocycles. The lowest BCUT2D eigenvalue weighted by Crippen LogP contribution is -2.43. The van der Waals surface area contributed by atoms with Crippen molar-refractivity contribution in [1.29, 1.82) is 0 Å². The van der Waals surface area contributed by atoms with Crippen LogP contribution >= 0.6 is 0 Å². The highest BCUT2D eigenvalue weighted by atomic mass is 16.5. The monoisotopic (exact) mass is 307 g/mol. The number of hydrogen-bond donors (Lipinski definition) is 2. The molecule has 0 aliphatic carbocycles. The first-order valence-corrected chi connectivity index (χ1v) is 7.45. The Balaban J connectivity index is 1.90. The van der Waals surface area contributed by atoms with E-state index in [0.29, 0.717) is 30.5 Å². The van der Waals surface area contributed by atoms with Gasteiger partial charge in [0.15, 0.2) is 17.5 Å². The first kappa shape index (κ1) is 16.4. The van der Waals surface area contributed by atoms with E-state index in [0.717, 1.165) is 25.0 Å². The summed E-state index contributed by atoms with van der Waals surface area (Å²) < 4.78 is 16.2. The molecule has 1 atom stereocenters. The number of guanidine groups is 1. The molecule has 1 aliphatic rings. The fraction of sp³-hybridized carbons (Fsp3) is 0.562.